The van der Waals surface area contributed by atoms with E-state index in [0.29, 0.717) is 5.75 Å². The predicted octanol–water partition coefficient (Wildman–Crippen LogP) is 2.02. The highest BCUT2D eigenvalue weighted by molar-refractivity contribution is 7.89. The molecule has 96 valence electrons. The zero-order valence-corrected chi connectivity index (χ0v) is 11.4. The Morgan fingerprint density at radius 3 is 2.29 bits per heavy atom. The van der Waals surface area contributed by atoms with Crippen molar-refractivity contribution in [2.75, 3.05) is 7.11 Å². The van der Waals surface area contributed by atoms with Crippen molar-refractivity contribution in [3.05, 3.63) is 24.3 Å². The second-order valence-corrected chi connectivity index (χ2v) is 5.99. The van der Waals surface area contributed by atoms with E-state index in [1.807, 2.05) is 20.8 Å². The van der Waals surface area contributed by atoms with Gasteiger partial charge in [0, 0.05) is 6.04 Å². The topological polar surface area (TPSA) is 55.4 Å². The first-order valence-corrected chi connectivity index (χ1v) is 7.02. The van der Waals surface area contributed by atoms with Gasteiger partial charge in [-0.3, -0.25) is 0 Å². The highest BCUT2D eigenvalue weighted by Gasteiger charge is 2.22. The fraction of sp³-hybridized carbons (Fsp3) is 0.500. The zero-order chi connectivity index (χ0) is 13.1. The van der Waals surface area contributed by atoms with Gasteiger partial charge in [0.05, 0.1) is 7.11 Å². The lowest BCUT2D eigenvalue weighted by Crippen LogP contribution is -2.36. The molecule has 17 heavy (non-hydrogen) atoms. The van der Waals surface area contributed by atoms with Crippen LogP contribution >= 0.6 is 0 Å². The van der Waals surface area contributed by atoms with Gasteiger partial charge >= 0.3 is 0 Å². The van der Waals surface area contributed by atoms with Gasteiger partial charge in [0.15, 0.2) is 0 Å². The largest absolute Gasteiger partial charge is 0.495 e. The third-order valence-electron chi connectivity index (χ3n) is 2.70. The Balaban J connectivity index is 3.05. The van der Waals surface area contributed by atoms with Gasteiger partial charge in [0.25, 0.3) is 0 Å². The van der Waals surface area contributed by atoms with Crippen LogP contribution in [0.25, 0.3) is 0 Å². The summed E-state index contributed by atoms with van der Waals surface area (Å²) in [6.45, 7) is 5.78. The first-order valence-electron chi connectivity index (χ1n) is 5.54. The lowest BCUT2D eigenvalue weighted by molar-refractivity contribution is 0.401. The normalized spacial score (nSPS) is 13.7. The number of benzene rings is 1. The molecule has 1 unspecified atom stereocenters. The van der Waals surface area contributed by atoms with E-state index >= 15 is 0 Å². The number of nitrogens with one attached hydrogen (secondary N) is 1. The summed E-state index contributed by atoms with van der Waals surface area (Å²) in [4.78, 5) is 0.176. The standard InChI is InChI=1S/C12H19NO3S/c1-9(2)10(3)13-17(14,15)12-8-6-5-7-11(12)16-4/h5-10,13H,1-4H3. The first-order chi connectivity index (χ1) is 7.88. The molecule has 1 atom stereocenters. The van der Waals surface area contributed by atoms with Crippen LogP contribution in [0.2, 0.25) is 0 Å². The lowest BCUT2D eigenvalue weighted by Gasteiger charge is -2.18. The third-order valence-corrected chi connectivity index (χ3v) is 4.30. The van der Waals surface area contributed by atoms with Crippen molar-refractivity contribution in [3.8, 4) is 5.75 Å². The van der Waals surface area contributed by atoms with Crippen molar-refractivity contribution in [3.63, 3.8) is 0 Å². The summed E-state index contributed by atoms with van der Waals surface area (Å²) in [6, 6.07) is 6.47. The monoisotopic (exact) mass is 257 g/mol. The third kappa shape index (κ3) is 3.44. The summed E-state index contributed by atoms with van der Waals surface area (Å²) < 4.78 is 32.0. The number of methoxy groups -OCH3 is 1. The molecule has 1 aromatic carbocycles. The maximum Gasteiger partial charge on any atom is 0.244 e. The van der Waals surface area contributed by atoms with Gasteiger partial charge in [-0.25, -0.2) is 13.1 Å². The molecule has 1 aromatic rings. The lowest BCUT2D eigenvalue weighted by atomic mass is 10.1. The van der Waals surface area contributed by atoms with Crippen LogP contribution in [0, 0.1) is 5.92 Å². The molecule has 0 aliphatic carbocycles. The van der Waals surface area contributed by atoms with Crippen molar-refractivity contribution in [1.29, 1.82) is 0 Å². The summed E-state index contributed by atoms with van der Waals surface area (Å²) >= 11 is 0. The van der Waals surface area contributed by atoms with Crippen LogP contribution < -0.4 is 9.46 Å². The highest BCUT2D eigenvalue weighted by atomic mass is 32.2. The van der Waals surface area contributed by atoms with Crippen LogP contribution in [-0.2, 0) is 10.0 Å². The fourth-order valence-corrected chi connectivity index (χ4v) is 2.85. The number of hydrogen-bond acceptors (Lipinski definition) is 3. The van der Waals surface area contributed by atoms with E-state index in [-0.39, 0.29) is 16.9 Å². The molecule has 0 amide bonds. The minimum Gasteiger partial charge on any atom is -0.495 e. The van der Waals surface area contributed by atoms with E-state index in [9.17, 15) is 8.42 Å². The summed E-state index contributed by atoms with van der Waals surface area (Å²) in [6.07, 6.45) is 0. The average Bonchev–Trinajstić information content (AvgIpc) is 2.28. The van der Waals surface area contributed by atoms with Crippen LogP contribution in [0.15, 0.2) is 29.2 Å². The van der Waals surface area contributed by atoms with Gasteiger partial charge in [0.2, 0.25) is 10.0 Å². The quantitative estimate of drug-likeness (QED) is 0.878. The Kier molecular flexibility index (Phi) is 4.54. The Labute approximate surface area is 103 Å². The summed E-state index contributed by atoms with van der Waals surface area (Å²) in [7, 11) is -2.06. The van der Waals surface area contributed by atoms with E-state index in [2.05, 4.69) is 4.72 Å². The number of rotatable bonds is 5. The summed E-state index contributed by atoms with van der Waals surface area (Å²) in [5.74, 6) is 0.593. The van der Waals surface area contributed by atoms with Crippen molar-refractivity contribution in [2.24, 2.45) is 5.92 Å². The summed E-state index contributed by atoms with van der Waals surface area (Å²) in [5, 5.41) is 0. The summed E-state index contributed by atoms with van der Waals surface area (Å²) in [5.41, 5.74) is 0. The molecule has 0 saturated heterocycles. The molecular formula is C12H19NO3S. The maximum atomic E-state index is 12.1. The molecule has 5 heteroatoms. The van der Waals surface area contributed by atoms with Crippen molar-refractivity contribution in [2.45, 2.75) is 31.7 Å². The van der Waals surface area contributed by atoms with Crippen molar-refractivity contribution >= 4 is 10.0 Å². The van der Waals surface area contributed by atoms with Gasteiger partial charge in [-0.2, -0.15) is 0 Å². The van der Waals surface area contributed by atoms with E-state index in [4.69, 9.17) is 4.74 Å². The van der Waals surface area contributed by atoms with Gasteiger partial charge in [-0.05, 0) is 25.0 Å². The number of hydrogen-bond donors (Lipinski definition) is 1. The van der Waals surface area contributed by atoms with Crippen molar-refractivity contribution < 1.29 is 13.2 Å². The SMILES string of the molecule is COc1ccccc1S(=O)(=O)NC(C)C(C)C. The van der Waals surface area contributed by atoms with Gasteiger partial charge in [-0.15, -0.1) is 0 Å². The molecule has 0 saturated carbocycles. The number of sulfonamides is 1. The highest BCUT2D eigenvalue weighted by Crippen LogP contribution is 2.23. The van der Waals surface area contributed by atoms with Gasteiger partial charge in [0.1, 0.15) is 10.6 Å². The second kappa shape index (κ2) is 5.51. The van der Waals surface area contributed by atoms with Crippen LogP contribution in [-0.4, -0.2) is 21.6 Å². The Hall–Kier alpha value is -1.07. The first kappa shape index (κ1) is 14.0. The molecule has 4 nitrogen and oxygen atoms in total. The number of ether oxygens (including phenoxy) is 1. The Morgan fingerprint density at radius 1 is 1.18 bits per heavy atom. The van der Waals surface area contributed by atoms with Crippen LogP contribution in [0.1, 0.15) is 20.8 Å². The zero-order valence-electron chi connectivity index (χ0n) is 10.6. The number of para-hydroxylation sites is 1. The van der Waals surface area contributed by atoms with Gasteiger partial charge < -0.3 is 4.74 Å². The molecule has 0 heterocycles. The van der Waals surface area contributed by atoms with Crippen LogP contribution in [0.5, 0.6) is 5.75 Å². The van der Waals surface area contributed by atoms with E-state index < -0.39 is 10.0 Å². The molecule has 1 N–H and O–H groups in total. The predicted molar refractivity (Wildman–Crippen MR) is 67.6 cm³/mol. The minimum atomic E-state index is -3.52. The van der Waals surface area contributed by atoms with E-state index in [0.717, 1.165) is 0 Å². The second-order valence-electron chi connectivity index (χ2n) is 4.30. The molecule has 0 bridgehead atoms. The van der Waals surface area contributed by atoms with Crippen molar-refractivity contribution in [1.82, 2.24) is 4.72 Å². The van der Waals surface area contributed by atoms with E-state index in [1.54, 1.807) is 18.2 Å². The molecular weight excluding hydrogens is 238 g/mol. The average molecular weight is 257 g/mol. The Morgan fingerprint density at radius 2 is 1.76 bits per heavy atom. The smallest absolute Gasteiger partial charge is 0.244 e. The fourth-order valence-electron chi connectivity index (χ4n) is 1.29. The molecule has 0 spiro atoms. The molecule has 0 aliphatic rings. The van der Waals surface area contributed by atoms with E-state index in [1.165, 1.54) is 13.2 Å². The molecule has 0 aromatic heterocycles. The molecule has 0 aliphatic heterocycles. The van der Waals surface area contributed by atoms with Gasteiger partial charge in [-0.1, -0.05) is 26.0 Å². The van der Waals surface area contributed by atoms with Crippen LogP contribution in [0.3, 0.4) is 0 Å². The maximum absolute atomic E-state index is 12.1. The Bertz CT molecular complexity index is 468. The van der Waals surface area contributed by atoms with Crippen LogP contribution in [0.4, 0.5) is 0 Å². The molecule has 0 fully saturated rings. The molecule has 1 rings (SSSR count). The minimum absolute atomic E-state index is 0.120. The molecule has 0 radical (unpaired) electrons.